The van der Waals surface area contributed by atoms with Crippen LogP contribution >= 0.6 is 50.5 Å². The molecule has 0 fully saturated rings. The molecule has 0 rings (SSSR count). The maximum atomic E-state index is 4.00. The largest absolute Gasteiger partial charge is 0.147 e. The average molecular weight is 299 g/mol. The molecule has 0 bridgehead atoms. The van der Waals surface area contributed by atoms with Crippen LogP contribution in [0.3, 0.4) is 0 Å². The third-order valence-electron chi connectivity index (χ3n) is 1.05. The van der Waals surface area contributed by atoms with Crippen molar-refractivity contribution in [1.82, 2.24) is 0 Å². The molecule has 0 amide bonds. The van der Waals surface area contributed by atoms with E-state index in [1.54, 1.807) is 0 Å². The number of allylic oxidation sites excluding steroid dienone is 4. The smallest absolute Gasteiger partial charge is 0 e. The minimum Gasteiger partial charge on any atom is -0.147 e. The van der Waals surface area contributed by atoms with Crippen molar-refractivity contribution in [1.29, 1.82) is 0 Å². The van der Waals surface area contributed by atoms with Crippen molar-refractivity contribution in [2.45, 2.75) is 27.7 Å². The molecule has 0 aromatic heterocycles. The van der Waals surface area contributed by atoms with E-state index in [0.717, 1.165) is 19.6 Å². The summed E-state index contributed by atoms with van der Waals surface area (Å²) >= 11 is 16.0. The number of hydrogen-bond acceptors (Lipinski definition) is 4. The molecule has 0 aliphatic carbocycles. The van der Waals surface area contributed by atoms with E-state index < -0.39 is 0 Å². The number of thiol groups is 4. The van der Waals surface area contributed by atoms with Crippen LogP contribution in [0.25, 0.3) is 0 Å². The quantitative estimate of drug-likeness (QED) is 0.374. The fourth-order valence-electron chi connectivity index (χ4n) is 0. The van der Waals surface area contributed by atoms with Gasteiger partial charge in [-0.3, -0.25) is 0 Å². The summed E-state index contributed by atoms with van der Waals surface area (Å²) in [5.74, 6) is 0. The van der Waals surface area contributed by atoms with Crippen LogP contribution < -0.4 is 0 Å². The summed E-state index contributed by atoms with van der Waals surface area (Å²) in [5.41, 5.74) is 0. The van der Waals surface area contributed by atoms with Gasteiger partial charge in [0.25, 0.3) is 0 Å². The first-order valence-electron chi connectivity index (χ1n) is 3.39. The second-order valence-corrected chi connectivity index (χ2v) is 5.02. The van der Waals surface area contributed by atoms with Gasteiger partial charge < -0.3 is 0 Å². The maximum Gasteiger partial charge on any atom is 0 e. The molecule has 0 spiro atoms. The molecule has 0 aromatic rings. The maximum absolute atomic E-state index is 4.00. The fraction of sp³-hybridized carbons (Fsp3) is 0.500. The van der Waals surface area contributed by atoms with Crippen molar-refractivity contribution in [3.05, 3.63) is 19.6 Å². The minimum absolute atomic E-state index is 0. The monoisotopic (exact) mass is 298 g/mol. The molecule has 5 heteroatoms. The van der Waals surface area contributed by atoms with Crippen LogP contribution in [0, 0.1) is 0 Å². The van der Waals surface area contributed by atoms with Gasteiger partial charge in [-0.25, -0.2) is 0 Å². The zero-order valence-corrected chi connectivity index (χ0v) is 12.7. The van der Waals surface area contributed by atoms with Gasteiger partial charge in [-0.15, -0.1) is 50.5 Å². The molecule has 0 aromatic carbocycles. The van der Waals surface area contributed by atoms with Crippen LogP contribution in [0.2, 0.25) is 0 Å². The zero-order chi connectivity index (χ0) is 10.3. The van der Waals surface area contributed by atoms with E-state index in [2.05, 4.69) is 50.5 Å². The molecule has 0 heterocycles. The summed E-state index contributed by atoms with van der Waals surface area (Å²) in [6.45, 7) is 7.63. The molecule has 13 heavy (non-hydrogen) atoms. The van der Waals surface area contributed by atoms with Gasteiger partial charge in [-0.1, -0.05) is 0 Å². The predicted molar refractivity (Wildman–Crippen MR) is 72.7 cm³/mol. The van der Waals surface area contributed by atoms with Crippen molar-refractivity contribution in [3.8, 4) is 0 Å². The Morgan fingerprint density at radius 1 is 0.538 bits per heavy atom. The molecule has 0 N–H and O–H groups in total. The molecule has 0 unspecified atom stereocenters. The van der Waals surface area contributed by atoms with Gasteiger partial charge in [0.2, 0.25) is 0 Å². The van der Waals surface area contributed by atoms with E-state index >= 15 is 0 Å². The molecule has 0 saturated heterocycles. The Kier molecular flexibility index (Phi) is 17.5. The molecule has 82 valence electrons. The Labute approximate surface area is 114 Å². The molecular formula is C8H16NiS4. The molecule has 0 aliphatic rings. The zero-order valence-electron chi connectivity index (χ0n) is 8.11. The average Bonchev–Trinajstić information content (AvgIpc) is 1.88. The Morgan fingerprint density at radius 2 is 0.615 bits per heavy atom. The van der Waals surface area contributed by atoms with E-state index in [4.69, 9.17) is 0 Å². The van der Waals surface area contributed by atoms with Gasteiger partial charge in [0.15, 0.2) is 0 Å². The van der Waals surface area contributed by atoms with E-state index in [0.29, 0.717) is 0 Å². The predicted octanol–water partition coefficient (Wildman–Crippen LogP) is 4.19. The topological polar surface area (TPSA) is 0 Å². The third kappa shape index (κ3) is 19.7. The van der Waals surface area contributed by atoms with Gasteiger partial charge in [0, 0.05) is 16.5 Å². The van der Waals surface area contributed by atoms with Gasteiger partial charge in [0.1, 0.15) is 0 Å². The molecular weight excluding hydrogens is 283 g/mol. The first-order valence-corrected chi connectivity index (χ1v) is 5.18. The Bertz CT molecular complexity index is 138. The van der Waals surface area contributed by atoms with Crippen molar-refractivity contribution in [3.63, 3.8) is 0 Å². The minimum atomic E-state index is 0. The first kappa shape index (κ1) is 19.9. The van der Waals surface area contributed by atoms with Crippen LogP contribution in [0.5, 0.6) is 0 Å². The second kappa shape index (κ2) is 11.4. The van der Waals surface area contributed by atoms with E-state index in [1.165, 1.54) is 0 Å². The second-order valence-electron chi connectivity index (χ2n) is 2.34. The van der Waals surface area contributed by atoms with Crippen LogP contribution in [-0.4, -0.2) is 0 Å². The molecule has 0 aliphatic heterocycles. The standard InChI is InChI=1S/2C4H8S2.Ni/c2*1-3(5)4(2)6;/h2*5-6H,1-2H3;. The van der Waals surface area contributed by atoms with Gasteiger partial charge in [-0.2, -0.15) is 0 Å². The van der Waals surface area contributed by atoms with Gasteiger partial charge in [0.05, 0.1) is 0 Å². The van der Waals surface area contributed by atoms with Crippen LogP contribution in [0.1, 0.15) is 27.7 Å². The van der Waals surface area contributed by atoms with Crippen molar-refractivity contribution in [2.24, 2.45) is 0 Å². The van der Waals surface area contributed by atoms with E-state index in [9.17, 15) is 0 Å². The van der Waals surface area contributed by atoms with E-state index in [-0.39, 0.29) is 16.5 Å². The summed E-state index contributed by atoms with van der Waals surface area (Å²) in [5, 5.41) is 0. The SMILES string of the molecule is CC(S)=C(C)S.CC(S)=C(C)S.[Ni]. The Morgan fingerprint density at radius 3 is 0.615 bits per heavy atom. The summed E-state index contributed by atoms with van der Waals surface area (Å²) in [6.07, 6.45) is 0. The number of hydrogen-bond donors (Lipinski definition) is 4. The fourth-order valence-corrected chi connectivity index (χ4v) is 0. The molecule has 0 atom stereocenters. The molecule has 0 nitrogen and oxygen atoms in total. The molecule has 0 saturated carbocycles. The summed E-state index contributed by atoms with van der Waals surface area (Å²) in [6, 6.07) is 0. The third-order valence-corrected chi connectivity index (χ3v) is 2.74. The summed E-state index contributed by atoms with van der Waals surface area (Å²) < 4.78 is 0. The summed E-state index contributed by atoms with van der Waals surface area (Å²) in [4.78, 5) is 3.94. The molecule has 0 radical (unpaired) electrons. The normalized spacial score (nSPS) is 12.9. The van der Waals surface area contributed by atoms with Crippen molar-refractivity contribution >= 4 is 50.5 Å². The van der Waals surface area contributed by atoms with Crippen molar-refractivity contribution < 1.29 is 16.5 Å². The number of rotatable bonds is 0. The van der Waals surface area contributed by atoms with Crippen LogP contribution in [0.15, 0.2) is 19.6 Å². The van der Waals surface area contributed by atoms with Crippen molar-refractivity contribution in [2.75, 3.05) is 0 Å². The van der Waals surface area contributed by atoms with Crippen LogP contribution in [0.4, 0.5) is 0 Å². The first-order chi connectivity index (χ1) is 5.29. The summed E-state index contributed by atoms with van der Waals surface area (Å²) in [7, 11) is 0. The van der Waals surface area contributed by atoms with Gasteiger partial charge in [-0.05, 0) is 47.3 Å². The van der Waals surface area contributed by atoms with Gasteiger partial charge >= 0.3 is 0 Å². The Balaban J connectivity index is -0.000000143. The Hall–Kier alpha value is 1.37. The van der Waals surface area contributed by atoms with Crippen LogP contribution in [-0.2, 0) is 16.5 Å². The van der Waals surface area contributed by atoms with E-state index in [1.807, 2.05) is 27.7 Å².